The molecule has 2 rings (SSSR count). The highest BCUT2D eigenvalue weighted by atomic mass is 16.5. The van der Waals surface area contributed by atoms with Crippen LogP contribution in [0.25, 0.3) is 0 Å². The molecule has 2 amide bonds. The van der Waals surface area contributed by atoms with Gasteiger partial charge in [0.05, 0.1) is 13.2 Å². The van der Waals surface area contributed by atoms with Gasteiger partial charge in [-0.05, 0) is 31.4 Å². The van der Waals surface area contributed by atoms with Crippen molar-refractivity contribution in [3.05, 3.63) is 29.8 Å². The Hall–Kier alpha value is -1.88. The van der Waals surface area contributed by atoms with Crippen molar-refractivity contribution in [3.8, 4) is 0 Å². The summed E-state index contributed by atoms with van der Waals surface area (Å²) in [7, 11) is 0. The van der Waals surface area contributed by atoms with Crippen molar-refractivity contribution in [1.82, 2.24) is 4.90 Å². The summed E-state index contributed by atoms with van der Waals surface area (Å²) in [4.78, 5) is 27.1. The van der Waals surface area contributed by atoms with Crippen molar-refractivity contribution < 1.29 is 14.3 Å². The van der Waals surface area contributed by atoms with Gasteiger partial charge in [-0.15, -0.1) is 0 Å². The maximum atomic E-state index is 12.7. The van der Waals surface area contributed by atoms with Crippen molar-refractivity contribution in [1.29, 1.82) is 0 Å². The van der Waals surface area contributed by atoms with Crippen molar-refractivity contribution in [2.24, 2.45) is 5.41 Å². The van der Waals surface area contributed by atoms with Crippen LogP contribution < -0.4 is 5.32 Å². The van der Waals surface area contributed by atoms with E-state index in [4.69, 9.17) is 4.74 Å². The van der Waals surface area contributed by atoms with Crippen LogP contribution in [-0.2, 0) is 14.3 Å². The molecule has 0 unspecified atom stereocenters. The molecule has 1 N–H and O–H groups in total. The van der Waals surface area contributed by atoms with E-state index in [2.05, 4.69) is 19.2 Å². The molecule has 0 radical (unpaired) electrons. The smallest absolute Gasteiger partial charge is 0.239 e. The van der Waals surface area contributed by atoms with Gasteiger partial charge in [0.1, 0.15) is 5.41 Å². The number of nitrogens with one attached hydrogen (secondary N) is 1. The molecule has 0 spiro atoms. The monoisotopic (exact) mass is 318 g/mol. The van der Waals surface area contributed by atoms with E-state index in [1.54, 1.807) is 18.7 Å². The molecule has 0 aliphatic carbocycles. The zero-order valence-electron chi connectivity index (χ0n) is 14.4. The molecule has 1 saturated heterocycles. The average molecular weight is 318 g/mol. The summed E-state index contributed by atoms with van der Waals surface area (Å²) in [6.07, 6.45) is 0. The number of hydrogen-bond donors (Lipinski definition) is 1. The summed E-state index contributed by atoms with van der Waals surface area (Å²) in [6, 6.07) is 7.72. The lowest BCUT2D eigenvalue weighted by Gasteiger charge is -2.33. The predicted molar refractivity (Wildman–Crippen MR) is 90.3 cm³/mol. The molecular weight excluding hydrogens is 292 g/mol. The fourth-order valence-electron chi connectivity index (χ4n) is 2.65. The minimum Gasteiger partial charge on any atom is -0.378 e. The van der Waals surface area contributed by atoms with Crippen LogP contribution in [0.1, 0.15) is 39.2 Å². The van der Waals surface area contributed by atoms with Crippen LogP contribution in [0, 0.1) is 5.41 Å². The lowest BCUT2D eigenvalue weighted by atomic mass is 9.89. The molecule has 1 aromatic rings. The first kappa shape index (κ1) is 17.5. The number of morpholine rings is 1. The maximum absolute atomic E-state index is 12.7. The number of rotatable bonds is 4. The number of hydrogen-bond acceptors (Lipinski definition) is 3. The Morgan fingerprint density at radius 1 is 1.17 bits per heavy atom. The Bertz CT molecular complexity index is 575. The molecule has 1 aliphatic heterocycles. The molecule has 0 bridgehead atoms. The number of benzene rings is 1. The molecule has 23 heavy (non-hydrogen) atoms. The first-order valence-electron chi connectivity index (χ1n) is 8.11. The van der Waals surface area contributed by atoms with Gasteiger partial charge in [-0.3, -0.25) is 9.59 Å². The van der Waals surface area contributed by atoms with Gasteiger partial charge in [0, 0.05) is 18.8 Å². The van der Waals surface area contributed by atoms with Crippen LogP contribution in [0.2, 0.25) is 0 Å². The second-order valence-corrected chi connectivity index (χ2v) is 6.73. The Labute approximate surface area is 138 Å². The van der Waals surface area contributed by atoms with Crippen LogP contribution in [-0.4, -0.2) is 43.0 Å². The van der Waals surface area contributed by atoms with Gasteiger partial charge in [0.25, 0.3) is 0 Å². The highest BCUT2D eigenvalue weighted by Gasteiger charge is 2.39. The summed E-state index contributed by atoms with van der Waals surface area (Å²) < 4.78 is 5.27. The first-order chi connectivity index (χ1) is 10.8. The van der Waals surface area contributed by atoms with Crippen LogP contribution in [0.3, 0.4) is 0 Å². The number of para-hydroxylation sites is 1. The first-order valence-corrected chi connectivity index (χ1v) is 8.11. The quantitative estimate of drug-likeness (QED) is 0.868. The number of carbonyl (C=O) groups is 2. The third-order valence-electron chi connectivity index (χ3n) is 4.23. The molecule has 5 nitrogen and oxygen atoms in total. The van der Waals surface area contributed by atoms with E-state index in [9.17, 15) is 9.59 Å². The molecule has 1 heterocycles. The molecule has 1 aliphatic rings. The molecular formula is C18H26N2O3. The highest BCUT2D eigenvalue weighted by molar-refractivity contribution is 6.10. The minimum atomic E-state index is -1.11. The van der Waals surface area contributed by atoms with Crippen LogP contribution in [0.4, 0.5) is 5.69 Å². The molecule has 0 atom stereocenters. The second-order valence-electron chi connectivity index (χ2n) is 6.73. The zero-order valence-corrected chi connectivity index (χ0v) is 14.4. The summed E-state index contributed by atoms with van der Waals surface area (Å²) in [6.45, 7) is 9.65. The zero-order chi connectivity index (χ0) is 17.0. The Balaban J connectivity index is 2.14. The summed E-state index contributed by atoms with van der Waals surface area (Å²) >= 11 is 0. The SMILES string of the molecule is CC(C)c1ccccc1NC(=O)C(C)(C)C(=O)N1CCOCC1. The van der Waals surface area contributed by atoms with E-state index < -0.39 is 5.41 Å². The molecule has 0 aromatic heterocycles. The van der Waals surface area contributed by atoms with E-state index in [0.29, 0.717) is 32.2 Å². The molecule has 1 aromatic carbocycles. The fourth-order valence-corrected chi connectivity index (χ4v) is 2.65. The van der Waals surface area contributed by atoms with Gasteiger partial charge in [-0.1, -0.05) is 32.0 Å². The van der Waals surface area contributed by atoms with E-state index in [1.165, 1.54) is 0 Å². The number of nitrogens with zero attached hydrogens (tertiary/aromatic N) is 1. The predicted octanol–water partition coefficient (Wildman–Crippen LogP) is 2.63. The molecule has 1 fully saturated rings. The van der Waals surface area contributed by atoms with Crippen LogP contribution >= 0.6 is 0 Å². The minimum absolute atomic E-state index is 0.152. The van der Waals surface area contributed by atoms with E-state index in [0.717, 1.165) is 11.3 Å². The third-order valence-corrected chi connectivity index (χ3v) is 4.23. The summed E-state index contributed by atoms with van der Waals surface area (Å²) in [5.41, 5.74) is 0.729. The van der Waals surface area contributed by atoms with Crippen molar-refractivity contribution in [2.75, 3.05) is 31.6 Å². The summed E-state index contributed by atoms with van der Waals surface area (Å²) in [5.74, 6) is -0.132. The van der Waals surface area contributed by atoms with Crippen LogP contribution in [0.15, 0.2) is 24.3 Å². The fraction of sp³-hybridized carbons (Fsp3) is 0.556. The van der Waals surface area contributed by atoms with Crippen LogP contribution in [0.5, 0.6) is 0 Å². The van der Waals surface area contributed by atoms with E-state index in [1.807, 2.05) is 24.3 Å². The van der Waals surface area contributed by atoms with Crippen molar-refractivity contribution in [2.45, 2.75) is 33.6 Å². The third kappa shape index (κ3) is 3.91. The normalized spacial score (nSPS) is 15.6. The lowest BCUT2D eigenvalue weighted by Crippen LogP contribution is -2.51. The largest absolute Gasteiger partial charge is 0.378 e. The number of carbonyl (C=O) groups excluding carboxylic acids is 2. The molecule has 5 heteroatoms. The van der Waals surface area contributed by atoms with Crippen molar-refractivity contribution in [3.63, 3.8) is 0 Å². The standard InChI is InChI=1S/C18H26N2O3/c1-13(2)14-7-5-6-8-15(14)19-16(21)18(3,4)17(22)20-9-11-23-12-10-20/h5-8,13H,9-12H2,1-4H3,(H,19,21). The number of ether oxygens (including phenoxy) is 1. The van der Waals surface area contributed by atoms with Gasteiger partial charge in [-0.25, -0.2) is 0 Å². The highest BCUT2D eigenvalue weighted by Crippen LogP contribution is 2.27. The second kappa shape index (κ2) is 7.13. The topological polar surface area (TPSA) is 58.6 Å². The molecule has 126 valence electrons. The average Bonchev–Trinajstić information content (AvgIpc) is 2.55. The number of anilines is 1. The maximum Gasteiger partial charge on any atom is 0.239 e. The summed E-state index contributed by atoms with van der Waals surface area (Å²) in [5, 5.41) is 2.93. The molecule has 0 saturated carbocycles. The van der Waals surface area contributed by atoms with E-state index >= 15 is 0 Å². The van der Waals surface area contributed by atoms with Gasteiger partial charge in [0.2, 0.25) is 11.8 Å². The van der Waals surface area contributed by atoms with Gasteiger partial charge >= 0.3 is 0 Å². The Kier molecular flexibility index (Phi) is 5.42. The van der Waals surface area contributed by atoms with Gasteiger partial charge in [0.15, 0.2) is 0 Å². The lowest BCUT2D eigenvalue weighted by molar-refractivity contribution is -0.149. The van der Waals surface area contributed by atoms with Gasteiger partial charge < -0.3 is 15.0 Å². The van der Waals surface area contributed by atoms with Crippen molar-refractivity contribution >= 4 is 17.5 Å². The Morgan fingerprint density at radius 3 is 2.39 bits per heavy atom. The Morgan fingerprint density at radius 2 is 1.78 bits per heavy atom. The number of amides is 2. The van der Waals surface area contributed by atoms with E-state index in [-0.39, 0.29) is 11.8 Å². The van der Waals surface area contributed by atoms with Gasteiger partial charge in [-0.2, -0.15) is 0 Å².